The molecule has 0 saturated heterocycles. The minimum Gasteiger partial charge on any atom is -0.497 e. The smallest absolute Gasteiger partial charge is 0.211 e. The van der Waals surface area contributed by atoms with Crippen molar-refractivity contribution in [3.8, 4) is 22.7 Å². The molecule has 0 aliphatic heterocycles. The van der Waals surface area contributed by atoms with Crippen molar-refractivity contribution < 1.29 is 9.53 Å². The van der Waals surface area contributed by atoms with Crippen LogP contribution in [-0.2, 0) is 4.79 Å². The quantitative estimate of drug-likeness (QED) is 0.707. The van der Waals surface area contributed by atoms with E-state index in [9.17, 15) is 4.79 Å². The molecule has 0 aliphatic rings. The van der Waals surface area contributed by atoms with Crippen molar-refractivity contribution in [3.05, 3.63) is 54.1 Å². The van der Waals surface area contributed by atoms with Crippen molar-refractivity contribution in [1.29, 1.82) is 0 Å². The van der Waals surface area contributed by atoms with Gasteiger partial charge in [0.25, 0.3) is 0 Å². The van der Waals surface area contributed by atoms with Gasteiger partial charge < -0.3 is 15.8 Å². The first kappa shape index (κ1) is 15.6. The fourth-order valence-corrected chi connectivity index (χ4v) is 2.57. The first-order valence-electron chi connectivity index (χ1n) is 7.44. The summed E-state index contributed by atoms with van der Waals surface area (Å²) >= 11 is 0. The molecule has 0 fully saturated rings. The van der Waals surface area contributed by atoms with E-state index in [1.807, 2.05) is 43.3 Å². The van der Waals surface area contributed by atoms with E-state index in [1.165, 1.54) is 0 Å². The highest BCUT2D eigenvalue weighted by Crippen LogP contribution is 2.35. The maximum absolute atomic E-state index is 10.9. The van der Waals surface area contributed by atoms with Gasteiger partial charge in [0.05, 0.1) is 18.5 Å². The molecule has 1 amide bonds. The molecule has 0 unspecified atom stereocenters. The number of rotatable bonds is 5. The largest absolute Gasteiger partial charge is 0.497 e. The predicted molar refractivity (Wildman–Crippen MR) is 94.4 cm³/mol. The highest BCUT2D eigenvalue weighted by molar-refractivity contribution is 5.86. The summed E-state index contributed by atoms with van der Waals surface area (Å²) in [5.74, 6) is 1.23. The lowest BCUT2D eigenvalue weighted by atomic mass is 10.1. The van der Waals surface area contributed by atoms with Gasteiger partial charge >= 0.3 is 0 Å². The lowest BCUT2D eigenvalue weighted by Gasteiger charge is -2.09. The zero-order valence-corrected chi connectivity index (χ0v) is 13.5. The topological polar surface area (TPSA) is 82.2 Å². The van der Waals surface area contributed by atoms with Gasteiger partial charge in [-0.3, -0.25) is 4.79 Å². The number of benzene rings is 2. The first-order chi connectivity index (χ1) is 11.7. The van der Waals surface area contributed by atoms with Crippen LogP contribution >= 0.6 is 0 Å². The molecule has 0 radical (unpaired) electrons. The van der Waals surface area contributed by atoms with E-state index in [-0.39, 0.29) is 0 Å². The summed E-state index contributed by atoms with van der Waals surface area (Å²) in [4.78, 5) is 10.9. The van der Waals surface area contributed by atoms with Crippen LogP contribution < -0.4 is 15.8 Å². The van der Waals surface area contributed by atoms with Crippen molar-refractivity contribution in [3.63, 3.8) is 0 Å². The Morgan fingerprint density at radius 1 is 1.21 bits per heavy atom. The number of nitrogens with one attached hydrogen (secondary N) is 1. The Kier molecular flexibility index (Phi) is 4.20. The van der Waals surface area contributed by atoms with Crippen molar-refractivity contribution in [1.82, 2.24) is 9.78 Å². The molecule has 2 aromatic carbocycles. The van der Waals surface area contributed by atoms with Gasteiger partial charge in [-0.25, -0.2) is 4.68 Å². The zero-order chi connectivity index (χ0) is 17.1. The Balaban J connectivity index is 2.18. The maximum Gasteiger partial charge on any atom is 0.211 e. The molecule has 6 nitrogen and oxygen atoms in total. The van der Waals surface area contributed by atoms with Crippen LogP contribution in [0.3, 0.4) is 0 Å². The average molecular weight is 322 g/mol. The minimum absolute atomic E-state index is 0.552. The first-order valence-corrected chi connectivity index (χ1v) is 7.44. The Morgan fingerprint density at radius 2 is 1.96 bits per heavy atom. The number of amides is 1. The molecule has 1 aromatic heterocycles. The third-order valence-corrected chi connectivity index (χ3v) is 3.86. The highest BCUT2D eigenvalue weighted by atomic mass is 16.5. The molecule has 24 heavy (non-hydrogen) atoms. The lowest BCUT2D eigenvalue weighted by molar-refractivity contribution is -0.105. The Hall–Kier alpha value is -3.28. The molecular weight excluding hydrogens is 304 g/mol. The summed E-state index contributed by atoms with van der Waals surface area (Å²) in [7, 11) is 1.59. The Labute approximate surface area is 139 Å². The molecule has 3 aromatic rings. The molecule has 6 heteroatoms. The number of nitrogen functional groups attached to an aromatic ring is 1. The number of carbonyl (C=O) groups excluding carboxylic acids is 1. The number of methoxy groups -OCH3 is 1. The van der Waals surface area contributed by atoms with Gasteiger partial charge in [0.2, 0.25) is 6.41 Å². The van der Waals surface area contributed by atoms with E-state index in [4.69, 9.17) is 10.5 Å². The minimum atomic E-state index is 0.552. The van der Waals surface area contributed by atoms with Gasteiger partial charge in [-0.2, -0.15) is 5.10 Å². The molecule has 0 bridgehead atoms. The van der Waals surface area contributed by atoms with Gasteiger partial charge in [-0.15, -0.1) is 0 Å². The second kappa shape index (κ2) is 6.45. The standard InChI is InChI=1S/C18H18N4O2/c1-12-17(15-10-14(24-2)8-9-16(15)20-11-23)21-22(18(12)19)13-6-4-3-5-7-13/h3-11H,19H2,1-2H3,(H,20,23). The summed E-state index contributed by atoms with van der Waals surface area (Å²) in [6.45, 7) is 1.90. The SMILES string of the molecule is COc1ccc(NC=O)c(-c2nn(-c3ccccc3)c(N)c2C)c1. The van der Waals surface area contributed by atoms with Crippen LogP contribution in [-0.4, -0.2) is 23.3 Å². The monoisotopic (exact) mass is 322 g/mol. The Bertz CT molecular complexity index is 872. The third kappa shape index (κ3) is 2.69. The van der Waals surface area contributed by atoms with Crippen LogP contribution in [0.25, 0.3) is 16.9 Å². The maximum atomic E-state index is 10.9. The van der Waals surface area contributed by atoms with Crippen LogP contribution in [0.1, 0.15) is 5.56 Å². The molecule has 3 rings (SSSR count). The van der Waals surface area contributed by atoms with Gasteiger partial charge in [-0.05, 0) is 37.3 Å². The van der Waals surface area contributed by atoms with E-state index in [1.54, 1.807) is 23.9 Å². The van der Waals surface area contributed by atoms with Crippen molar-refractivity contribution >= 4 is 17.9 Å². The van der Waals surface area contributed by atoms with E-state index < -0.39 is 0 Å². The van der Waals surface area contributed by atoms with Crippen molar-refractivity contribution in [2.75, 3.05) is 18.2 Å². The summed E-state index contributed by atoms with van der Waals surface area (Å²) < 4.78 is 6.98. The van der Waals surface area contributed by atoms with Crippen LogP contribution in [0.5, 0.6) is 5.75 Å². The average Bonchev–Trinajstić information content (AvgIpc) is 2.92. The molecular formula is C18H18N4O2. The predicted octanol–water partition coefficient (Wildman–Crippen LogP) is 3.01. The van der Waals surface area contributed by atoms with Gasteiger partial charge in [0.1, 0.15) is 17.3 Å². The number of nitrogens with zero attached hydrogens (tertiary/aromatic N) is 2. The van der Waals surface area contributed by atoms with Crippen LogP contribution in [0.4, 0.5) is 11.5 Å². The van der Waals surface area contributed by atoms with Crippen molar-refractivity contribution in [2.45, 2.75) is 6.92 Å². The van der Waals surface area contributed by atoms with Crippen molar-refractivity contribution in [2.24, 2.45) is 0 Å². The third-order valence-electron chi connectivity index (χ3n) is 3.86. The van der Waals surface area contributed by atoms with E-state index in [0.717, 1.165) is 16.8 Å². The summed E-state index contributed by atoms with van der Waals surface area (Å²) in [5, 5.41) is 7.34. The molecule has 0 atom stereocenters. The number of nitrogens with two attached hydrogens (primary N) is 1. The highest BCUT2D eigenvalue weighted by Gasteiger charge is 2.18. The second-order valence-corrected chi connectivity index (χ2v) is 5.28. The van der Waals surface area contributed by atoms with Crippen LogP contribution in [0, 0.1) is 6.92 Å². The van der Waals surface area contributed by atoms with E-state index in [0.29, 0.717) is 29.4 Å². The number of para-hydroxylation sites is 1. The number of ether oxygens (including phenoxy) is 1. The molecule has 122 valence electrons. The summed E-state index contributed by atoms with van der Waals surface area (Å²) in [6, 6.07) is 15.0. The number of aromatic nitrogens is 2. The fraction of sp³-hybridized carbons (Fsp3) is 0.111. The van der Waals surface area contributed by atoms with Crippen LogP contribution in [0.15, 0.2) is 48.5 Å². The molecule has 3 N–H and O–H groups in total. The second-order valence-electron chi connectivity index (χ2n) is 5.28. The van der Waals surface area contributed by atoms with Crippen LogP contribution in [0.2, 0.25) is 0 Å². The van der Waals surface area contributed by atoms with Gasteiger partial charge in [-0.1, -0.05) is 18.2 Å². The van der Waals surface area contributed by atoms with Gasteiger partial charge in [0, 0.05) is 11.1 Å². The lowest BCUT2D eigenvalue weighted by Crippen LogP contribution is -2.02. The molecule has 1 heterocycles. The molecule has 0 saturated carbocycles. The molecule has 0 aliphatic carbocycles. The van der Waals surface area contributed by atoms with Gasteiger partial charge in [0.15, 0.2) is 0 Å². The normalized spacial score (nSPS) is 10.4. The zero-order valence-electron chi connectivity index (χ0n) is 13.5. The summed E-state index contributed by atoms with van der Waals surface area (Å²) in [6.07, 6.45) is 0.637. The summed E-state index contributed by atoms with van der Waals surface area (Å²) in [5.41, 5.74) is 10.0. The number of anilines is 2. The molecule has 0 spiro atoms. The Morgan fingerprint density at radius 3 is 2.62 bits per heavy atom. The van der Waals surface area contributed by atoms with E-state index in [2.05, 4.69) is 10.4 Å². The van der Waals surface area contributed by atoms with E-state index >= 15 is 0 Å². The number of hydrogen-bond acceptors (Lipinski definition) is 4. The fourth-order valence-electron chi connectivity index (χ4n) is 2.57. The number of carbonyl (C=O) groups is 1. The number of hydrogen-bond donors (Lipinski definition) is 2.